The van der Waals surface area contributed by atoms with Gasteiger partial charge in [-0.15, -0.1) is 11.8 Å². The second-order valence-corrected chi connectivity index (χ2v) is 4.31. The predicted molar refractivity (Wildman–Crippen MR) is 62.4 cm³/mol. The molecule has 0 radical (unpaired) electrons. The highest BCUT2D eigenvalue weighted by molar-refractivity contribution is 7.99. The van der Waals surface area contributed by atoms with Gasteiger partial charge < -0.3 is 10.4 Å². The van der Waals surface area contributed by atoms with E-state index in [1.54, 1.807) is 0 Å². The van der Waals surface area contributed by atoms with Crippen LogP contribution >= 0.6 is 11.8 Å². The molecular formula is C11H13NO3S. The summed E-state index contributed by atoms with van der Waals surface area (Å²) in [7, 11) is 0. The molecule has 0 saturated carbocycles. The Morgan fingerprint density at radius 3 is 2.50 bits per heavy atom. The molecule has 0 saturated heterocycles. The van der Waals surface area contributed by atoms with E-state index in [-0.39, 0.29) is 5.91 Å². The smallest absolute Gasteiger partial charge is 0.327 e. The number of carbonyl (C=O) groups excluding carboxylic acids is 1. The summed E-state index contributed by atoms with van der Waals surface area (Å²) in [4.78, 5) is 22.6. The van der Waals surface area contributed by atoms with E-state index in [0.29, 0.717) is 5.75 Å². The molecule has 0 fully saturated rings. The first-order valence-electron chi connectivity index (χ1n) is 4.77. The maximum absolute atomic E-state index is 10.8. The number of benzene rings is 1. The largest absolute Gasteiger partial charge is 0.480 e. The third-order valence-electron chi connectivity index (χ3n) is 1.84. The lowest BCUT2D eigenvalue weighted by Crippen LogP contribution is -2.41. The van der Waals surface area contributed by atoms with Crippen molar-refractivity contribution in [3.8, 4) is 0 Å². The normalized spacial score (nSPS) is 11.8. The monoisotopic (exact) mass is 239 g/mol. The second kappa shape index (κ2) is 6.17. The van der Waals surface area contributed by atoms with Gasteiger partial charge in [0, 0.05) is 17.6 Å². The van der Waals surface area contributed by atoms with E-state index in [1.807, 2.05) is 30.3 Å². The highest BCUT2D eigenvalue weighted by atomic mass is 32.2. The molecule has 0 spiro atoms. The molecule has 16 heavy (non-hydrogen) atoms. The summed E-state index contributed by atoms with van der Waals surface area (Å²) in [6.07, 6.45) is 0. The highest BCUT2D eigenvalue weighted by Crippen LogP contribution is 2.17. The molecule has 0 unspecified atom stereocenters. The van der Waals surface area contributed by atoms with E-state index in [1.165, 1.54) is 18.7 Å². The van der Waals surface area contributed by atoms with Crippen molar-refractivity contribution in [1.29, 1.82) is 0 Å². The van der Waals surface area contributed by atoms with E-state index in [0.717, 1.165) is 4.90 Å². The topological polar surface area (TPSA) is 66.4 Å². The molecule has 0 bridgehead atoms. The van der Waals surface area contributed by atoms with Crippen LogP contribution in [0.5, 0.6) is 0 Å². The van der Waals surface area contributed by atoms with Crippen LogP contribution in [0.25, 0.3) is 0 Å². The quantitative estimate of drug-likeness (QED) is 0.762. The zero-order chi connectivity index (χ0) is 12.0. The third kappa shape index (κ3) is 4.35. The number of carbonyl (C=O) groups is 2. The SMILES string of the molecule is CC(=O)N[C@@H](CSc1ccccc1)C(=O)O. The molecule has 0 aliphatic carbocycles. The van der Waals surface area contributed by atoms with Gasteiger partial charge in [0.25, 0.3) is 0 Å². The summed E-state index contributed by atoms with van der Waals surface area (Å²) in [5, 5.41) is 11.3. The average Bonchev–Trinajstić information content (AvgIpc) is 2.25. The summed E-state index contributed by atoms with van der Waals surface area (Å²) in [6.45, 7) is 1.31. The van der Waals surface area contributed by atoms with Crippen molar-refractivity contribution in [3.63, 3.8) is 0 Å². The van der Waals surface area contributed by atoms with E-state index >= 15 is 0 Å². The van der Waals surface area contributed by atoms with Gasteiger partial charge in [-0.05, 0) is 12.1 Å². The van der Waals surface area contributed by atoms with Gasteiger partial charge in [0.05, 0.1) is 0 Å². The fraction of sp³-hybridized carbons (Fsp3) is 0.273. The minimum Gasteiger partial charge on any atom is -0.480 e. The Kier molecular flexibility index (Phi) is 4.85. The standard InChI is InChI=1S/C11H13NO3S/c1-8(13)12-10(11(14)15)7-16-9-5-3-2-4-6-9/h2-6,10H,7H2,1H3,(H,12,13)(H,14,15)/t10-/m0/s1. The predicted octanol–water partition coefficient (Wildman–Crippen LogP) is 1.37. The Balaban J connectivity index is 2.50. The summed E-state index contributed by atoms with van der Waals surface area (Å²) >= 11 is 1.40. The van der Waals surface area contributed by atoms with Gasteiger partial charge in [-0.1, -0.05) is 18.2 Å². The van der Waals surface area contributed by atoms with Crippen molar-refractivity contribution < 1.29 is 14.7 Å². The van der Waals surface area contributed by atoms with Gasteiger partial charge in [0.2, 0.25) is 5.91 Å². The number of amides is 1. The molecule has 0 aliphatic rings. The first kappa shape index (κ1) is 12.6. The number of carboxylic acids is 1. The molecule has 1 rings (SSSR count). The third-order valence-corrected chi connectivity index (χ3v) is 2.94. The Bertz CT molecular complexity index is 367. The molecule has 2 N–H and O–H groups in total. The lowest BCUT2D eigenvalue weighted by Gasteiger charge is -2.12. The lowest BCUT2D eigenvalue weighted by molar-refractivity contribution is -0.140. The molecular weight excluding hydrogens is 226 g/mol. The maximum atomic E-state index is 10.8. The van der Waals surface area contributed by atoms with Crippen LogP contribution in [0, 0.1) is 0 Å². The van der Waals surface area contributed by atoms with E-state index in [2.05, 4.69) is 5.32 Å². The molecule has 0 aromatic heterocycles. The van der Waals surface area contributed by atoms with Gasteiger partial charge in [-0.3, -0.25) is 4.79 Å². The van der Waals surface area contributed by atoms with Crippen molar-refractivity contribution >= 4 is 23.6 Å². The van der Waals surface area contributed by atoms with Crippen molar-refractivity contribution in [1.82, 2.24) is 5.32 Å². The van der Waals surface area contributed by atoms with Crippen LogP contribution in [0.4, 0.5) is 0 Å². The first-order valence-corrected chi connectivity index (χ1v) is 5.76. The van der Waals surface area contributed by atoms with Crippen LogP contribution < -0.4 is 5.32 Å². The summed E-state index contributed by atoms with van der Waals surface area (Å²) < 4.78 is 0. The molecule has 4 nitrogen and oxygen atoms in total. The zero-order valence-electron chi connectivity index (χ0n) is 8.84. The van der Waals surface area contributed by atoms with Gasteiger partial charge >= 0.3 is 5.97 Å². The van der Waals surface area contributed by atoms with Crippen molar-refractivity contribution in [2.24, 2.45) is 0 Å². The summed E-state index contributed by atoms with van der Waals surface area (Å²) in [5.74, 6) is -1.03. The van der Waals surface area contributed by atoms with Crippen LogP contribution in [-0.4, -0.2) is 28.8 Å². The molecule has 1 amide bonds. The number of aliphatic carboxylic acids is 1. The average molecular weight is 239 g/mol. The van der Waals surface area contributed by atoms with Crippen LogP contribution in [0.15, 0.2) is 35.2 Å². The van der Waals surface area contributed by atoms with E-state index in [4.69, 9.17) is 5.11 Å². The number of carboxylic acid groups (broad SMARTS) is 1. The summed E-state index contributed by atoms with van der Waals surface area (Å²) in [5.41, 5.74) is 0. The van der Waals surface area contributed by atoms with Gasteiger partial charge in [0.1, 0.15) is 6.04 Å². The Hall–Kier alpha value is -1.49. The molecule has 1 aromatic rings. The van der Waals surface area contributed by atoms with Crippen LogP contribution in [0.1, 0.15) is 6.92 Å². The lowest BCUT2D eigenvalue weighted by atomic mass is 10.3. The van der Waals surface area contributed by atoms with Crippen LogP contribution in [0.2, 0.25) is 0 Å². The van der Waals surface area contributed by atoms with Crippen molar-refractivity contribution in [2.75, 3.05) is 5.75 Å². The van der Waals surface area contributed by atoms with Crippen molar-refractivity contribution in [3.05, 3.63) is 30.3 Å². The van der Waals surface area contributed by atoms with Crippen LogP contribution in [0.3, 0.4) is 0 Å². The number of rotatable bonds is 5. The number of nitrogens with one attached hydrogen (secondary N) is 1. The van der Waals surface area contributed by atoms with E-state index in [9.17, 15) is 9.59 Å². The second-order valence-electron chi connectivity index (χ2n) is 3.22. The van der Waals surface area contributed by atoms with Crippen LogP contribution in [-0.2, 0) is 9.59 Å². The van der Waals surface area contributed by atoms with Gasteiger partial charge in [0.15, 0.2) is 0 Å². The molecule has 1 aromatic carbocycles. The fourth-order valence-electron chi connectivity index (χ4n) is 1.12. The zero-order valence-corrected chi connectivity index (χ0v) is 9.66. The molecule has 1 atom stereocenters. The highest BCUT2D eigenvalue weighted by Gasteiger charge is 2.18. The number of hydrogen-bond donors (Lipinski definition) is 2. The van der Waals surface area contributed by atoms with E-state index < -0.39 is 12.0 Å². The number of thioether (sulfide) groups is 1. The molecule has 5 heteroatoms. The fourth-order valence-corrected chi connectivity index (χ4v) is 2.05. The van der Waals surface area contributed by atoms with Gasteiger partial charge in [-0.2, -0.15) is 0 Å². The summed E-state index contributed by atoms with van der Waals surface area (Å²) in [6, 6.07) is 8.62. The number of hydrogen-bond acceptors (Lipinski definition) is 3. The first-order chi connectivity index (χ1) is 7.59. The Morgan fingerprint density at radius 2 is 2.00 bits per heavy atom. The minimum absolute atomic E-state index is 0.318. The molecule has 0 aliphatic heterocycles. The minimum atomic E-state index is -1.02. The molecule has 0 heterocycles. The Morgan fingerprint density at radius 1 is 1.38 bits per heavy atom. The van der Waals surface area contributed by atoms with Crippen molar-refractivity contribution in [2.45, 2.75) is 17.9 Å². The van der Waals surface area contributed by atoms with Gasteiger partial charge in [-0.25, -0.2) is 4.79 Å². The Labute approximate surface area is 98.0 Å². The maximum Gasteiger partial charge on any atom is 0.327 e. The molecule has 86 valence electrons.